The molecule has 1 aromatic heterocycles. The first-order chi connectivity index (χ1) is 13.3. The number of ether oxygens (including phenoxy) is 3. The van der Waals surface area contributed by atoms with Crippen molar-refractivity contribution in [3.63, 3.8) is 0 Å². The fourth-order valence-electron chi connectivity index (χ4n) is 3.49. The second-order valence-corrected chi connectivity index (χ2v) is 6.81. The highest BCUT2D eigenvalue weighted by molar-refractivity contribution is 5.58. The van der Waals surface area contributed by atoms with Crippen LogP contribution in [0.3, 0.4) is 0 Å². The SMILES string of the molecule is c1ccc(-c2cn3c(n2)COC(CNCc2ccc4c(c2)OCO4)C3)cc1. The third kappa shape index (κ3) is 3.41. The third-order valence-electron chi connectivity index (χ3n) is 4.92. The summed E-state index contributed by atoms with van der Waals surface area (Å²) < 4.78 is 19.0. The minimum Gasteiger partial charge on any atom is -0.454 e. The molecular weight excluding hydrogens is 342 g/mol. The number of imidazole rings is 1. The van der Waals surface area contributed by atoms with Crippen molar-refractivity contribution in [1.82, 2.24) is 14.9 Å². The van der Waals surface area contributed by atoms with Gasteiger partial charge in [0.1, 0.15) is 12.4 Å². The number of rotatable bonds is 5. The van der Waals surface area contributed by atoms with Gasteiger partial charge in [-0.15, -0.1) is 0 Å². The Morgan fingerprint density at radius 2 is 1.96 bits per heavy atom. The molecule has 0 aliphatic carbocycles. The Balaban J connectivity index is 1.18. The fraction of sp³-hybridized carbons (Fsp3) is 0.286. The van der Waals surface area contributed by atoms with Gasteiger partial charge in [0.05, 0.1) is 18.3 Å². The van der Waals surface area contributed by atoms with Crippen LogP contribution in [-0.4, -0.2) is 29.0 Å². The molecule has 6 nitrogen and oxygen atoms in total. The van der Waals surface area contributed by atoms with Crippen LogP contribution < -0.4 is 14.8 Å². The summed E-state index contributed by atoms with van der Waals surface area (Å²) >= 11 is 0. The van der Waals surface area contributed by atoms with Gasteiger partial charge in [0.15, 0.2) is 11.5 Å². The summed E-state index contributed by atoms with van der Waals surface area (Å²) in [5.74, 6) is 2.62. The maximum absolute atomic E-state index is 5.98. The predicted octanol–water partition coefficient (Wildman–Crippen LogP) is 2.97. The lowest BCUT2D eigenvalue weighted by atomic mass is 10.2. The molecule has 2 aliphatic rings. The summed E-state index contributed by atoms with van der Waals surface area (Å²) in [6.45, 7) is 3.21. The van der Waals surface area contributed by atoms with Gasteiger partial charge in [-0.2, -0.15) is 0 Å². The van der Waals surface area contributed by atoms with Crippen molar-refractivity contribution in [1.29, 1.82) is 0 Å². The molecular formula is C21H21N3O3. The van der Waals surface area contributed by atoms with Crippen LogP contribution in [0.5, 0.6) is 11.5 Å². The van der Waals surface area contributed by atoms with E-state index in [1.54, 1.807) is 0 Å². The van der Waals surface area contributed by atoms with E-state index in [2.05, 4.69) is 34.3 Å². The van der Waals surface area contributed by atoms with Crippen LogP contribution in [0.4, 0.5) is 0 Å². The van der Waals surface area contributed by atoms with Gasteiger partial charge in [0.2, 0.25) is 6.79 Å². The highest BCUT2D eigenvalue weighted by Crippen LogP contribution is 2.32. The van der Waals surface area contributed by atoms with Crippen LogP contribution in [0.15, 0.2) is 54.7 Å². The van der Waals surface area contributed by atoms with Crippen molar-refractivity contribution in [2.24, 2.45) is 0 Å². The first kappa shape index (κ1) is 16.4. The molecule has 0 saturated heterocycles. The van der Waals surface area contributed by atoms with Crippen LogP contribution >= 0.6 is 0 Å². The first-order valence-corrected chi connectivity index (χ1v) is 9.17. The number of nitrogens with zero attached hydrogens (tertiary/aromatic N) is 2. The smallest absolute Gasteiger partial charge is 0.231 e. The van der Waals surface area contributed by atoms with Gasteiger partial charge in [-0.3, -0.25) is 0 Å². The Labute approximate surface area is 157 Å². The Bertz CT molecular complexity index is 939. The zero-order chi connectivity index (χ0) is 18.1. The molecule has 2 aromatic carbocycles. The van der Waals surface area contributed by atoms with E-state index >= 15 is 0 Å². The van der Waals surface area contributed by atoms with Crippen molar-refractivity contribution >= 4 is 0 Å². The summed E-state index contributed by atoms with van der Waals surface area (Å²) in [5.41, 5.74) is 3.31. The molecule has 1 N–H and O–H groups in total. The summed E-state index contributed by atoms with van der Waals surface area (Å²) in [6.07, 6.45) is 2.25. The largest absolute Gasteiger partial charge is 0.454 e. The molecule has 0 saturated carbocycles. The minimum atomic E-state index is 0.129. The van der Waals surface area contributed by atoms with Crippen LogP contribution in [0.1, 0.15) is 11.4 Å². The number of hydrogen-bond donors (Lipinski definition) is 1. The molecule has 0 radical (unpaired) electrons. The quantitative estimate of drug-likeness (QED) is 0.755. The average molecular weight is 363 g/mol. The molecule has 0 bridgehead atoms. The molecule has 1 unspecified atom stereocenters. The molecule has 27 heavy (non-hydrogen) atoms. The van der Waals surface area contributed by atoms with Crippen LogP contribution in [-0.2, 0) is 24.4 Å². The summed E-state index contributed by atoms with van der Waals surface area (Å²) in [4.78, 5) is 4.71. The molecule has 0 fully saturated rings. The Kier molecular flexibility index (Phi) is 4.27. The monoisotopic (exact) mass is 363 g/mol. The molecule has 0 amide bonds. The van der Waals surface area contributed by atoms with E-state index in [1.165, 1.54) is 5.56 Å². The van der Waals surface area contributed by atoms with Crippen molar-refractivity contribution in [2.75, 3.05) is 13.3 Å². The first-order valence-electron chi connectivity index (χ1n) is 9.17. The topological polar surface area (TPSA) is 57.5 Å². The second-order valence-electron chi connectivity index (χ2n) is 6.81. The van der Waals surface area contributed by atoms with Crippen LogP contribution in [0.25, 0.3) is 11.3 Å². The zero-order valence-corrected chi connectivity index (χ0v) is 14.9. The van der Waals surface area contributed by atoms with Crippen molar-refractivity contribution in [2.45, 2.75) is 25.8 Å². The van der Waals surface area contributed by atoms with Gasteiger partial charge >= 0.3 is 0 Å². The molecule has 1 atom stereocenters. The molecule has 5 rings (SSSR count). The van der Waals surface area contributed by atoms with Crippen LogP contribution in [0.2, 0.25) is 0 Å². The van der Waals surface area contributed by atoms with E-state index in [-0.39, 0.29) is 6.10 Å². The van der Waals surface area contributed by atoms with Crippen molar-refractivity contribution in [3.8, 4) is 22.8 Å². The summed E-state index contributed by atoms with van der Waals surface area (Å²) in [7, 11) is 0. The van der Waals surface area contributed by atoms with E-state index in [0.717, 1.165) is 48.2 Å². The van der Waals surface area contributed by atoms with E-state index in [0.29, 0.717) is 13.4 Å². The lowest BCUT2D eigenvalue weighted by Gasteiger charge is -2.24. The molecule has 138 valence electrons. The van der Waals surface area contributed by atoms with Gasteiger partial charge in [0.25, 0.3) is 0 Å². The highest BCUT2D eigenvalue weighted by atomic mass is 16.7. The summed E-state index contributed by atoms with van der Waals surface area (Å²) in [6, 6.07) is 16.3. The van der Waals surface area contributed by atoms with E-state index in [9.17, 15) is 0 Å². The molecule has 3 aromatic rings. The molecule has 2 aliphatic heterocycles. The zero-order valence-electron chi connectivity index (χ0n) is 14.9. The molecule has 6 heteroatoms. The Hall–Kier alpha value is -2.83. The number of aromatic nitrogens is 2. The van der Waals surface area contributed by atoms with Gasteiger partial charge in [0, 0.05) is 24.8 Å². The fourth-order valence-corrected chi connectivity index (χ4v) is 3.49. The highest BCUT2D eigenvalue weighted by Gasteiger charge is 2.21. The predicted molar refractivity (Wildman–Crippen MR) is 101 cm³/mol. The van der Waals surface area contributed by atoms with Crippen molar-refractivity contribution in [3.05, 3.63) is 66.1 Å². The lowest BCUT2D eigenvalue weighted by molar-refractivity contribution is 0.00278. The maximum Gasteiger partial charge on any atom is 0.231 e. The maximum atomic E-state index is 5.98. The molecule has 3 heterocycles. The number of benzene rings is 2. The second kappa shape index (κ2) is 7.06. The van der Waals surface area contributed by atoms with Crippen molar-refractivity contribution < 1.29 is 14.2 Å². The number of fused-ring (bicyclic) bond motifs is 2. The van der Waals surface area contributed by atoms with Gasteiger partial charge in [-0.25, -0.2) is 4.98 Å². The average Bonchev–Trinajstić information content (AvgIpc) is 3.34. The standard InChI is InChI=1S/C21H21N3O3/c1-2-4-16(5-3-1)18-12-24-11-17(25-13-21(24)23-18)10-22-9-15-6-7-19-20(8-15)27-14-26-19/h1-8,12,17,22H,9-11,13-14H2. The van der Waals surface area contributed by atoms with E-state index < -0.39 is 0 Å². The Morgan fingerprint density at radius 3 is 2.89 bits per heavy atom. The minimum absolute atomic E-state index is 0.129. The van der Waals surface area contributed by atoms with Gasteiger partial charge in [-0.1, -0.05) is 36.4 Å². The van der Waals surface area contributed by atoms with Gasteiger partial charge in [-0.05, 0) is 17.7 Å². The molecule has 0 spiro atoms. The normalized spacial score (nSPS) is 17.7. The van der Waals surface area contributed by atoms with Gasteiger partial charge < -0.3 is 24.1 Å². The lowest BCUT2D eigenvalue weighted by Crippen LogP contribution is -2.35. The number of nitrogens with one attached hydrogen (secondary N) is 1. The van der Waals surface area contributed by atoms with E-state index in [4.69, 9.17) is 19.2 Å². The summed E-state index contributed by atoms with van der Waals surface area (Å²) in [5, 5.41) is 3.48. The Morgan fingerprint density at radius 1 is 1.07 bits per heavy atom. The third-order valence-corrected chi connectivity index (χ3v) is 4.92. The van der Waals surface area contributed by atoms with Crippen LogP contribution in [0, 0.1) is 0 Å². The van der Waals surface area contributed by atoms with E-state index in [1.807, 2.05) is 30.3 Å². The number of hydrogen-bond acceptors (Lipinski definition) is 5.